The normalized spacial score (nSPS) is 15.0. The molecular formula is C24H28N4O3. The monoisotopic (exact) mass is 420 g/mol. The van der Waals surface area contributed by atoms with Crippen LogP contribution in [-0.2, 0) is 16.1 Å². The number of pyridine rings is 1. The fourth-order valence-corrected chi connectivity index (χ4v) is 4.21. The molecule has 2 aromatic carbocycles. The fraction of sp³-hybridized carbons (Fsp3) is 0.375. The second kappa shape index (κ2) is 8.89. The minimum absolute atomic E-state index is 0.0109. The van der Waals surface area contributed by atoms with Gasteiger partial charge in [-0.2, -0.15) is 0 Å². The highest BCUT2D eigenvalue weighted by Crippen LogP contribution is 2.19. The van der Waals surface area contributed by atoms with Crippen molar-refractivity contribution in [3.63, 3.8) is 0 Å². The Kier molecular flexibility index (Phi) is 6.04. The van der Waals surface area contributed by atoms with Gasteiger partial charge in [-0.1, -0.05) is 24.3 Å². The first-order valence-electron chi connectivity index (χ1n) is 10.7. The van der Waals surface area contributed by atoms with Crippen molar-refractivity contribution in [1.29, 1.82) is 0 Å². The SMILES string of the molecule is CC(C)NC(=O)CN1CCN(C(=O)Cn2c3ccccc3c(=O)c3ccccc32)CC1. The number of nitrogens with one attached hydrogen (secondary N) is 1. The minimum Gasteiger partial charge on any atom is -0.353 e. The Labute approximate surface area is 181 Å². The van der Waals surface area contributed by atoms with E-state index in [0.29, 0.717) is 43.5 Å². The molecule has 1 aliphatic heterocycles. The van der Waals surface area contributed by atoms with Crippen molar-refractivity contribution < 1.29 is 9.59 Å². The first-order valence-corrected chi connectivity index (χ1v) is 10.7. The van der Waals surface area contributed by atoms with Gasteiger partial charge in [-0.15, -0.1) is 0 Å². The highest BCUT2D eigenvalue weighted by molar-refractivity contribution is 5.94. The molecule has 0 bridgehead atoms. The molecule has 7 heteroatoms. The molecule has 1 aromatic heterocycles. The molecule has 3 aromatic rings. The van der Waals surface area contributed by atoms with Gasteiger partial charge in [0.2, 0.25) is 11.8 Å². The highest BCUT2D eigenvalue weighted by Gasteiger charge is 2.23. The third-order valence-electron chi connectivity index (χ3n) is 5.71. The number of rotatable bonds is 5. The van der Waals surface area contributed by atoms with Crippen LogP contribution in [0.25, 0.3) is 21.8 Å². The van der Waals surface area contributed by atoms with Crippen molar-refractivity contribution in [2.45, 2.75) is 26.4 Å². The summed E-state index contributed by atoms with van der Waals surface area (Å²) in [5.41, 5.74) is 1.52. The van der Waals surface area contributed by atoms with Crippen molar-refractivity contribution in [3.8, 4) is 0 Å². The van der Waals surface area contributed by atoms with Crippen molar-refractivity contribution in [2.75, 3.05) is 32.7 Å². The number of nitrogens with zero attached hydrogens (tertiary/aromatic N) is 3. The van der Waals surface area contributed by atoms with E-state index in [0.717, 1.165) is 11.0 Å². The Bertz CT molecular complexity index is 1120. The third kappa shape index (κ3) is 4.46. The maximum absolute atomic E-state index is 13.1. The van der Waals surface area contributed by atoms with Crippen LogP contribution in [0.4, 0.5) is 0 Å². The molecule has 1 aliphatic rings. The molecule has 1 N–H and O–H groups in total. The van der Waals surface area contributed by atoms with Crippen LogP contribution < -0.4 is 10.7 Å². The summed E-state index contributed by atoms with van der Waals surface area (Å²) in [4.78, 5) is 41.9. The number of hydrogen-bond acceptors (Lipinski definition) is 4. The topological polar surface area (TPSA) is 74.7 Å². The lowest BCUT2D eigenvalue weighted by atomic mass is 10.1. The van der Waals surface area contributed by atoms with Crippen LogP contribution >= 0.6 is 0 Å². The van der Waals surface area contributed by atoms with Gasteiger partial charge >= 0.3 is 0 Å². The minimum atomic E-state index is -0.0109. The zero-order chi connectivity index (χ0) is 22.0. The van der Waals surface area contributed by atoms with Crippen LogP contribution in [0.1, 0.15) is 13.8 Å². The van der Waals surface area contributed by atoms with Gasteiger partial charge in [0.15, 0.2) is 5.43 Å². The predicted octanol–water partition coefficient (Wildman–Crippen LogP) is 1.82. The summed E-state index contributed by atoms with van der Waals surface area (Å²) in [6.07, 6.45) is 0. The predicted molar refractivity (Wildman–Crippen MR) is 122 cm³/mol. The first-order chi connectivity index (χ1) is 14.9. The van der Waals surface area contributed by atoms with Crippen LogP contribution in [0.5, 0.6) is 0 Å². The Morgan fingerprint density at radius 1 is 0.871 bits per heavy atom. The van der Waals surface area contributed by atoms with E-state index in [1.54, 1.807) is 0 Å². The Balaban J connectivity index is 1.51. The molecule has 0 aliphatic carbocycles. The van der Waals surface area contributed by atoms with Crippen LogP contribution in [0.3, 0.4) is 0 Å². The lowest BCUT2D eigenvalue weighted by molar-refractivity contribution is -0.133. The van der Waals surface area contributed by atoms with E-state index in [9.17, 15) is 14.4 Å². The zero-order valence-electron chi connectivity index (χ0n) is 18.0. The lowest BCUT2D eigenvalue weighted by Crippen LogP contribution is -2.52. The molecule has 0 saturated carbocycles. The number of piperazine rings is 1. The standard InChI is InChI=1S/C24H28N4O3/c1-17(2)25-22(29)15-26-11-13-27(14-12-26)23(30)16-28-20-9-5-3-7-18(20)24(31)19-8-4-6-10-21(19)28/h3-10,17H,11-16H2,1-2H3,(H,25,29). The molecule has 0 atom stereocenters. The number of aromatic nitrogens is 1. The number of para-hydroxylation sites is 2. The molecule has 1 saturated heterocycles. The molecule has 0 spiro atoms. The van der Waals surface area contributed by atoms with Crippen LogP contribution in [0.15, 0.2) is 53.3 Å². The van der Waals surface area contributed by atoms with E-state index < -0.39 is 0 Å². The van der Waals surface area contributed by atoms with Crippen LogP contribution in [0, 0.1) is 0 Å². The molecule has 2 amide bonds. The van der Waals surface area contributed by atoms with Gasteiger partial charge < -0.3 is 14.8 Å². The molecule has 4 rings (SSSR count). The van der Waals surface area contributed by atoms with Crippen LogP contribution in [-0.4, -0.2) is 64.9 Å². The fourth-order valence-electron chi connectivity index (χ4n) is 4.21. The van der Waals surface area contributed by atoms with Gasteiger partial charge in [0.25, 0.3) is 0 Å². The van der Waals surface area contributed by atoms with E-state index in [1.165, 1.54) is 0 Å². The van der Waals surface area contributed by atoms with Gasteiger partial charge in [0.05, 0.1) is 17.6 Å². The summed E-state index contributed by atoms with van der Waals surface area (Å²) in [5.74, 6) is 0.0335. The highest BCUT2D eigenvalue weighted by atomic mass is 16.2. The van der Waals surface area contributed by atoms with E-state index >= 15 is 0 Å². The molecule has 2 heterocycles. The van der Waals surface area contributed by atoms with E-state index in [1.807, 2.05) is 71.8 Å². The van der Waals surface area contributed by atoms with Crippen molar-refractivity contribution in [1.82, 2.24) is 19.7 Å². The number of amides is 2. The number of benzene rings is 2. The number of carbonyl (C=O) groups excluding carboxylic acids is 2. The molecule has 31 heavy (non-hydrogen) atoms. The molecule has 7 nitrogen and oxygen atoms in total. The average Bonchev–Trinajstić information content (AvgIpc) is 2.76. The molecule has 162 valence electrons. The Hall–Kier alpha value is -3.19. The van der Waals surface area contributed by atoms with E-state index in [2.05, 4.69) is 10.2 Å². The van der Waals surface area contributed by atoms with Gasteiger partial charge in [-0.3, -0.25) is 19.3 Å². The molecule has 0 radical (unpaired) electrons. The van der Waals surface area contributed by atoms with Gasteiger partial charge in [-0.25, -0.2) is 0 Å². The summed E-state index contributed by atoms with van der Waals surface area (Å²) in [6, 6.07) is 15.0. The lowest BCUT2D eigenvalue weighted by Gasteiger charge is -2.34. The molecule has 0 unspecified atom stereocenters. The summed E-state index contributed by atoms with van der Waals surface area (Å²) >= 11 is 0. The second-order valence-corrected chi connectivity index (χ2v) is 8.33. The Morgan fingerprint density at radius 3 is 1.97 bits per heavy atom. The average molecular weight is 421 g/mol. The maximum atomic E-state index is 13.1. The number of carbonyl (C=O) groups is 2. The van der Waals surface area contributed by atoms with Crippen molar-refractivity contribution >= 4 is 33.6 Å². The smallest absolute Gasteiger partial charge is 0.242 e. The van der Waals surface area contributed by atoms with E-state index in [-0.39, 0.29) is 29.8 Å². The van der Waals surface area contributed by atoms with Gasteiger partial charge in [0.1, 0.15) is 6.54 Å². The van der Waals surface area contributed by atoms with E-state index in [4.69, 9.17) is 0 Å². The Morgan fingerprint density at radius 2 is 1.42 bits per heavy atom. The summed E-state index contributed by atoms with van der Waals surface area (Å²) in [6.45, 7) is 6.93. The summed E-state index contributed by atoms with van der Waals surface area (Å²) in [7, 11) is 0. The third-order valence-corrected chi connectivity index (χ3v) is 5.71. The molecule has 1 fully saturated rings. The first kappa shape index (κ1) is 21.1. The summed E-state index contributed by atoms with van der Waals surface area (Å²) in [5, 5.41) is 4.15. The number of fused-ring (bicyclic) bond motifs is 2. The largest absolute Gasteiger partial charge is 0.353 e. The quantitative estimate of drug-likeness (QED) is 0.639. The van der Waals surface area contributed by atoms with Crippen LogP contribution in [0.2, 0.25) is 0 Å². The zero-order valence-corrected chi connectivity index (χ0v) is 18.0. The second-order valence-electron chi connectivity index (χ2n) is 8.33. The van der Waals surface area contributed by atoms with Crippen molar-refractivity contribution in [3.05, 3.63) is 58.8 Å². The number of hydrogen-bond donors (Lipinski definition) is 1. The maximum Gasteiger partial charge on any atom is 0.242 e. The van der Waals surface area contributed by atoms with Crippen molar-refractivity contribution in [2.24, 2.45) is 0 Å². The van der Waals surface area contributed by atoms with Gasteiger partial charge in [-0.05, 0) is 38.1 Å². The molecular weight excluding hydrogens is 392 g/mol. The summed E-state index contributed by atoms with van der Waals surface area (Å²) < 4.78 is 1.94. The van der Waals surface area contributed by atoms with Gasteiger partial charge in [0, 0.05) is 43.0 Å².